The van der Waals surface area contributed by atoms with Crippen LogP contribution in [0.1, 0.15) is 6.42 Å². The molecule has 0 aliphatic carbocycles. The van der Waals surface area contributed by atoms with Gasteiger partial charge in [-0.25, -0.2) is 0 Å². The van der Waals surface area contributed by atoms with Crippen molar-refractivity contribution in [3.8, 4) is 11.3 Å². The third-order valence-corrected chi connectivity index (χ3v) is 5.21. The molecule has 0 aliphatic heterocycles. The second-order valence-electron chi connectivity index (χ2n) is 4.65. The molecule has 0 fully saturated rings. The summed E-state index contributed by atoms with van der Waals surface area (Å²) in [7, 11) is 1.40. The molecule has 0 radical (unpaired) electrons. The number of esters is 1. The lowest BCUT2D eigenvalue weighted by Gasteiger charge is -2.03. The Labute approximate surface area is 136 Å². The van der Waals surface area contributed by atoms with E-state index in [1.165, 1.54) is 29.4 Å². The van der Waals surface area contributed by atoms with Crippen LogP contribution in [0.15, 0.2) is 46.7 Å². The molecule has 4 nitrogen and oxygen atoms in total. The Morgan fingerprint density at radius 2 is 2.05 bits per heavy atom. The van der Waals surface area contributed by atoms with Crippen LogP contribution in [0.3, 0.4) is 0 Å². The van der Waals surface area contributed by atoms with Crippen LogP contribution in [0, 0.1) is 0 Å². The topological polar surface area (TPSA) is 52.1 Å². The number of carbonyl (C=O) groups excluding carboxylic acids is 1. The Bertz CT molecular complexity index is 801. The molecule has 0 saturated carbocycles. The lowest BCUT2D eigenvalue weighted by atomic mass is 10.1. The normalized spacial score (nSPS) is 10.8. The molecule has 22 heavy (non-hydrogen) atoms. The van der Waals surface area contributed by atoms with Crippen molar-refractivity contribution < 1.29 is 9.53 Å². The van der Waals surface area contributed by atoms with Crippen LogP contribution in [0.2, 0.25) is 0 Å². The molecule has 0 spiro atoms. The minimum Gasteiger partial charge on any atom is -0.469 e. The van der Waals surface area contributed by atoms with E-state index < -0.39 is 0 Å². The lowest BCUT2D eigenvalue weighted by Crippen LogP contribution is -2.00. The van der Waals surface area contributed by atoms with E-state index in [0.29, 0.717) is 12.2 Å². The Morgan fingerprint density at radius 3 is 2.86 bits per heavy atom. The molecule has 3 aromatic rings. The summed E-state index contributed by atoms with van der Waals surface area (Å²) in [6, 6.07) is 14.5. The fourth-order valence-corrected chi connectivity index (χ4v) is 3.87. The standard InChI is InChI=1S/C16H14N2O2S2/c1-20-14(19)8-9-21-16-15(17-18-22-16)13-7-6-11-4-2-3-5-12(11)10-13/h2-7,10H,8-9H2,1H3. The molecule has 112 valence electrons. The van der Waals surface area contributed by atoms with Crippen molar-refractivity contribution in [2.75, 3.05) is 12.9 Å². The van der Waals surface area contributed by atoms with E-state index in [-0.39, 0.29) is 5.97 Å². The fraction of sp³-hybridized carbons (Fsp3) is 0.188. The molecule has 0 unspecified atom stereocenters. The number of benzene rings is 2. The van der Waals surface area contributed by atoms with Crippen molar-refractivity contribution in [3.05, 3.63) is 42.5 Å². The molecule has 1 aromatic heterocycles. The maximum atomic E-state index is 11.2. The number of carbonyl (C=O) groups is 1. The van der Waals surface area contributed by atoms with Crippen LogP contribution < -0.4 is 0 Å². The van der Waals surface area contributed by atoms with Crippen LogP contribution in [0.5, 0.6) is 0 Å². The summed E-state index contributed by atoms with van der Waals surface area (Å²) in [5.41, 5.74) is 1.93. The number of thioether (sulfide) groups is 1. The second kappa shape index (κ2) is 6.89. The van der Waals surface area contributed by atoms with Crippen molar-refractivity contribution in [3.63, 3.8) is 0 Å². The minimum absolute atomic E-state index is 0.197. The van der Waals surface area contributed by atoms with Gasteiger partial charge in [0.15, 0.2) is 0 Å². The first-order valence-corrected chi connectivity index (χ1v) is 8.55. The molecule has 0 atom stereocenters. The number of rotatable bonds is 5. The highest BCUT2D eigenvalue weighted by molar-refractivity contribution is 8.01. The van der Waals surface area contributed by atoms with Gasteiger partial charge in [-0.05, 0) is 28.4 Å². The second-order valence-corrected chi connectivity index (χ2v) is 6.76. The average Bonchev–Trinajstić information content (AvgIpc) is 3.02. The van der Waals surface area contributed by atoms with E-state index in [2.05, 4.69) is 44.7 Å². The van der Waals surface area contributed by atoms with Gasteiger partial charge in [-0.2, -0.15) is 0 Å². The summed E-state index contributed by atoms with van der Waals surface area (Å²) in [5.74, 6) is 0.467. The molecule has 3 rings (SSSR count). The Balaban J connectivity index is 1.82. The number of ether oxygens (including phenoxy) is 1. The predicted molar refractivity (Wildman–Crippen MR) is 90.2 cm³/mol. The maximum absolute atomic E-state index is 11.2. The van der Waals surface area contributed by atoms with Gasteiger partial charge in [0.2, 0.25) is 0 Å². The van der Waals surface area contributed by atoms with Gasteiger partial charge in [0, 0.05) is 11.3 Å². The molecular formula is C16H14N2O2S2. The maximum Gasteiger partial charge on any atom is 0.306 e. The quantitative estimate of drug-likeness (QED) is 0.522. The predicted octanol–water partition coefficient (Wildman–Crippen LogP) is 4.01. The van der Waals surface area contributed by atoms with Crippen molar-refractivity contribution in [2.45, 2.75) is 10.6 Å². The SMILES string of the molecule is COC(=O)CCSc1snnc1-c1ccc2ccccc2c1. The van der Waals surface area contributed by atoms with Gasteiger partial charge in [0.05, 0.1) is 13.5 Å². The number of aromatic nitrogens is 2. The zero-order valence-corrected chi connectivity index (χ0v) is 13.6. The van der Waals surface area contributed by atoms with E-state index in [9.17, 15) is 4.79 Å². The first-order valence-electron chi connectivity index (χ1n) is 6.79. The van der Waals surface area contributed by atoms with Crippen molar-refractivity contribution in [1.82, 2.24) is 9.59 Å². The summed E-state index contributed by atoms with van der Waals surface area (Å²) in [4.78, 5) is 11.2. The molecule has 0 amide bonds. The van der Waals surface area contributed by atoms with Gasteiger partial charge < -0.3 is 4.74 Å². The van der Waals surface area contributed by atoms with Gasteiger partial charge in [-0.15, -0.1) is 16.9 Å². The van der Waals surface area contributed by atoms with Gasteiger partial charge >= 0.3 is 5.97 Å². The summed E-state index contributed by atoms with van der Waals surface area (Å²) < 4.78 is 9.73. The third kappa shape index (κ3) is 3.28. The molecule has 0 N–H and O–H groups in total. The van der Waals surface area contributed by atoms with Crippen molar-refractivity contribution in [2.24, 2.45) is 0 Å². The molecule has 0 aliphatic rings. The molecular weight excluding hydrogens is 316 g/mol. The molecule has 0 bridgehead atoms. The minimum atomic E-state index is -0.197. The molecule has 2 aromatic carbocycles. The molecule has 1 heterocycles. The highest BCUT2D eigenvalue weighted by Gasteiger charge is 2.12. The highest BCUT2D eigenvalue weighted by atomic mass is 32.2. The summed E-state index contributed by atoms with van der Waals surface area (Å²) in [6.07, 6.45) is 0.385. The van der Waals surface area contributed by atoms with Crippen LogP contribution in [0.4, 0.5) is 0 Å². The van der Waals surface area contributed by atoms with Gasteiger partial charge in [0.25, 0.3) is 0 Å². The zero-order valence-electron chi connectivity index (χ0n) is 12.0. The first kappa shape index (κ1) is 15.0. The van der Waals surface area contributed by atoms with E-state index in [4.69, 9.17) is 0 Å². The van der Waals surface area contributed by atoms with Gasteiger partial charge in [0.1, 0.15) is 9.90 Å². The van der Waals surface area contributed by atoms with E-state index >= 15 is 0 Å². The van der Waals surface area contributed by atoms with E-state index in [1.807, 2.05) is 12.1 Å². The molecule has 0 saturated heterocycles. The number of hydrogen-bond acceptors (Lipinski definition) is 6. The van der Waals surface area contributed by atoms with Crippen LogP contribution >= 0.6 is 23.3 Å². The van der Waals surface area contributed by atoms with Crippen LogP contribution in [0.25, 0.3) is 22.0 Å². The smallest absolute Gasteiger partial charge is 0.306 e. The number of fused-ring (bicyclic) bond motifs is 1. The van der Waals surface area contributed by atoms with Crippen molar-refractivity contribution >= 4 is 40.0 Å². The summed E-state index contributed by atoms with van der Waals surface area (Å²) in [6.45, 7) is 0. The van der Waals surface area contributed by atoms with Gasteiger partial charge in [-0.3, -0.25) is 4.79 Å². The molecule has 6 heteroatoms. The van der Waals surface area contributed by atoms with E-state index in [1.54, 1.807) is 11.8 Å². The number of methoxy groups -OCH3 is 1. The average molecular weight is 330 g/mol. The largest absolute Gasteiger partial charge is 0.469 e. The Morgan fingerprint density at radius 1 is 1.23 bits per heavy atom. The lowest BCUT2D eigenvalue weighted by molar-refractivity contribution is -0.140. The first-order chi connectivity index (χ1) is 10.8. The number of hydrogen-bond donors (Lipinski definition) is 0. The van der Waals surface area contributed by atoms with Crippen molar-refractivity contribution in [1.29, 1.82) is 0 Å². The monoisotopic (exact) mass is 330 g/mol. The summed E-state index contributed by atoms with van der Waals surface area (Å²) >= 11 is 2.95. The number of nitrogens with zero attached hydrogens (tertiary/aromatic N) is 2. The highest BCUT2D eigenvalue weighted by Crippen LogP contribution is 2.34. The zero-order chi connectivity index (χ0) is 15.4. The van der Waals surface area contributed by atoms with Crippen LogP contribution in [-0.4, -0.2) is 28.4 Å². The Hall–Kier alpha value is -1.92. The fourth-order valence-electron chi connectivity index (χ4n) is 2.12. The third-order valence-electron chi connectivity index (χ3n) is 3.25. The van der Waals surface area contributed by atoms with Gasteiger partial charge in [-0.1, -0.05) is 40.9 Å². The Kier molecular flexibility index (Phi) is 4.70. The summed E-state index contributed by atoms with van der Waals surface area (Å²) in [5, 5.41) is 6.62. The van der Waals surface area contributed by atoms with E-state index in [0.717, 1.165) is 15.5 Å². The van der Waals surface area contributed by atoms with Crippen LogP contribution in [-0.2, 0) is 9.53 Å².